The molecule has 0 aliphatic heterocycles. The third-order valence-corrected chi connectivity index (χ3v) is 3.35. The quantitative estimate of drug-likeness (QED) is 0.558. The van der Waals surface area contributed by atoms with Crippen LogP contribution in [0.15, 0.2) is 30.3 Å². The zero-order chi connectivity index (χ0) is 17.5. The summed E-state index contributed by atoms with van der Waals surface area (Å²) >= 11 is 3.86. The Kier molecular flexibility index (Phi) is 6.89. The van der Waals surface area contributed by atoms with E-state index < -0.39 is 29.6 Å². The highest BCUT2D eigenvalue weighted by Gasteiger charge is 2.32. The lowest BCUT2D eigenvalue weighted by Gasteiger charge is -2.26. The molecule has 0 radical (unpaired) electrons. The number of amides is 2. The average molecular weight is 340 g/mol. The van der Waals surface area contributed by atoms with Crippen LogP contribution in [0.5, 0.6) is 0 Å². The monoisotopic (exact) mass is 340 g/mol. The predicted octanol–water partition coefficient (Wildman–Crippen LogP) is 1.19. The third-order valence-electron chi connectivity index (χ3n) is 2.98. The van der Waals surface area contributed by atoms with E-state index in [9.17, 15) is 14.4 Å². The van der Waals surface area contributed by atoms with E-state index in [1.165, 1.54) is 13.8 Å². The molecule has 126 valence electrons. The number of ether oxygens (including phenoxy) is 1. The zero-order valence-electron chi connectivity index (χ0n) is 12.9. The van der Waals surface area contributed by atoms with Crippen LogP contribution < -0.4 is 10.6 Å². The summed E-state index contributed by atoms with van der Waals surface area (Å²) in [7, 11) is 0. The van der Waals surface area contributed by atoms with Crippen molar-refractivity contribution in [3.63, 3.8) is 0 Å². The summed E-state index contributed by atoms with van der Waals surface area (Å²) in [4.78, 5) is 34.7. The Morgan fingerprint density at radius 1 is 1.26 bits per heavy atom. The molecule has 0 bridgehead atoms. The molecule has 0 aromatic heterocycles. The Morgan fingerprint density at radius 3 is 2.39 bits per heavy atom. The fraction of sp³-hybridized carbons (Fsp3) is 0.400. The molecule has 0 fully saturated rings. The van der Waals surface area contributed by atoms with Gasteiger partial charge in [0.05, 0.1) is 0 Å². The number of nitrogens with one attached hydrogen (secondary N) is 2. The maximum absolute atomic E-state index is 12.1. The summed E-state index contributed by atoms with van der Waals surface area (Å²) in [6, 6.07) is 7.95. The molecule has 0 aliphatic rings. The van der Waals surface area contributed by atoms with Crippen molar-refractivity contribution in [2.24, 2.45) is 0 Å². The van der Waals surface area contributed by atoms with Crippen LogP contribution in [-0.4, -0.2) is 40.4 Å². The number of hydrogen-bond donors (Lipinski definition) is 4. The zero-order valence-corrected chi connectivity index (χ0v) is 13.8. The van der Waals surface area contributed by atoms with Gasteiger partial charge in [0, 0.05) is 5.75 Å². The molecule has 2 amide bonds. The topological polar surface area (TPSA) is 105 Å². The summed E-state index contributed by atoms with van der Waals surface area (Å²) in [6.45, 7) is 2.96. The van der Waals surface area contributed by atoms with E-state index in [1.54, 1.807) is 12.1 Å². The molecule has 8 heteroatoms. The Labute approximate surface area is 139 Å². The number of aliphatic carboxylic acids is 1. The van der Waals surface area contributed by atoms with Gasteiger partial charge in [-0.1, -0.05) is 30.3 Å². The van der Waals surface area contributed by atoms with E-state index in [0.717, 1.165) is 5.56 Å². The van der Waals surface area contributed by atoms with Crippen molar-refractivity contribution in [3.05, 3.63) is 35.9 Å². The van der Waals surface area contributed by atoms with Gasteiger partial charge in [-0.2, -0.15) is 12.6 Å². The number of carbonyl (C=O) groups is 3. The Morgan fingerprint density at radius 2 is 1.87 bits per heavy atom. The second-order valence-corrected chi connectivity index (χ2v) is 5.72. The van der Waals surface area contributed by atoms with Crippen LogP contribution in [0.2, 0.25) is 0 Å². The van der Waals surface area contributed by atoms with Crippen LogP contribution in [-0.2, 0) is 20.9 Å². The molecular formula is C15H20N2O5S. The molecule has 1 aromatic carbocycles. The van der Waals surface area contributed by atoms with E-state index in [1.807, 2.05) is 18.2 Å². The van der Waals surface area contributed by atoms with Gasteiger partial charge in [0.1, 0.15) is 18.2 Å². The van der Waals surface area contributed by atoms with Crippen molar-refractivity contribution < 1.29 is 24.2 Å². The molecule has 0 saturated carbocycles. The number of carboxylic acids is 1. The molecule has 0 unspecified atom stereocenters. The smallest absolute Gasteiger partial charge is 0.408 e. The van der Waals surface area contributed by atoms with Gasteiger partial charge in [-0.25, -0.2) is 9.59 Å². The number of alkyl carbamates (subject to hydrolysis) is 1. The molecule has 23 heavy (non-hydrogen) atoms. The van der Waals surface area contributed by atoms with Crippen LogP contribution in [0.4, 0.5) is 4.79 Å². The van der Waals surface area contributed by atoms with Crippen molar-refractivity contribution in [2.45, 2.75) is 32.0 Å². The second kappa shape index (κ2) is 8.42. The molecule has 1 atom stereocenters. The summed E-state index contributed by atoms with van der Waals surface area (Å²) in [5, 5.41) is 13.6. The lowest BCUT2D eigenvalue weighted by Crippen LogP contribution is -2.58. The lowest BCUT2D eigenvalue weighted by molar-refractivity contribution is -0.141. The summed E-state index contributed by atoms with van der Waals surface area (Å²) in [5.41, 5.74) is -0.518. The normalized spacial score (nSPS) is 12.1. The molecule has 7 nitrogen and oxygen atoms in total. The first-order valence-corrected chi connectivity index (χ1v) is 7.53. The van der Waals surface area contributed by atoms with Crippen LogP contribution >= 0.6 is 12.6 Å². The minimum absolute atomic E-state index is 0.0599. The molecule has 1 rings (SSSR count). The van der Waals surface area contributed by atoms with Crippen molar-refractivity contribution in [2.75, 3.05) is 5.75 Å². The Bertz CT molecular complexity index is 562. The number of carboxylic acid groups (broad SMARTS) is 1. The van der Waals surface area contributed by atoms with E-state index in [-0.39, 0.29) is 12.4 Å². The highest BCUT2D eigenvalue weighted by atomic mass is 32.1. The highest BCUT2D eigenvalue weighted by molar-refractivity contribution is 7.80. The van der Waals surface area contributed by atoms with E-state index >= 15 is 0 Å². The first-order chi connectivity index (χ1) is 10.8. The van der Waals surface area contributed by atoms with Gasteiger partial charge < -0.3 is 20.5 Å². The highest BCUT2D eigenvalue weighted by Crippen LogP contribution is 2.06. The first kappa shape index (κ1) is 18.8. The summed E-state index contributed by atoms with van der Waals surface area (Å²) < 4.78 is 5.03. The first-order valence-electron chi connectivity index (χ1n) is 6.89. The van der Waals surface area contributed by atoms with Gasteiger partial charge in [0.15, 0.2) is 0 Å². The fourth-order valence-electron chi connectivity index (χ4n) is 1.60. The van der Waals surface area contributed by atoms with Gasteiger partial charge in [-0.05, 0) is 19.4 Å². The average Bonchev–Trinajstić information content (AvgIpc) is 2.50. The Balaban J connectivity index is 2.54. The lowest BCUT2D eigenvalue weighted by atomic mass is 10.0. The van der Waals surface area contributed by atoms with Crippen molar-refractivity contribution in [3.8, 4) is 0 Å². The molecule has 1 aromatic rings. The van der Waals surface area contributed by atoms with E-state index in [4.69, 9.17) is 9.84 Å². The van der Waals surface area contributed by atoms with Gasteiger partial charge in [0.25, 0.3) is 0 Å². The largest absolute Gasteiger partial charge is 0.480 e. The predicted molar refractivity (Wildman–Crippen MR) is 87.3 cm³/mol. The van der Waals surface area contributed by atoms with Gasteiger partial charge >= 0.3 is 12.1 Å². The van der Waals surface area contributed by atoms with E-state index in [2.05, 4.69) is 23.3 Å². The minimum Gasteiger partial charge on any atom is -0.480 e. The number of benzene rings is 1. The Hall–Kier alpha value is -2.22. The van der Waals surface area contributed by atoms with Gasteiger partial charge in [-0.3, -0.25) is 4.79 Å². The molecular weight excluding hydrogens is 320 g/mol. The summed E-state index contributed by atoms with van der Waals surface area (Å²) in [5.74, 6) is -1.90. The van der Waals surface area contributed by atoms with Crippen molar-refractivity contribution in [1.82, 2.24) is 10.6 Å². The standard InChI is InChI=1S/C15H20N2O5S/c1-15(2,13(20)16-11(9-23)12(18)19)17-14(21)22-8-10-6-4-3-5-7-10/h3-7,11,23H,8-9H2,1-2H3,(H,16,20)(H,17,21)(H,18,19)/t11-/m0/s1. The number of rotatable bonds is 7. The van der Waals surface area contributed by atoms with E-state index in [0.29, 0.717) is 0 Å². The molecule has 0 spiro atoms. The molecule has 0 heterocycles. The van der Waals surface area contributed by atoms with Crippen LogP contribution in [0, 0.1) is 0 Å². The minimum atomic E-state index is -1.33. The second-order valence-electron chi connectivity index (χ2n) is 5.36. The van der Waals surface area contributed by atoms with Crippen LogP contribution in [0.1, 0.15) is 19.4 Å². The third kappa shape index (κ3) is 6.19. The molecule has 0 saturated heterocycles. The van der Waals surface area contributed by atoms with Crippen LogP contribution in [0.25, 0.3) is 0 Å². The number of thiol groups is 1. The van der Waals surface area contributed by atoms with Crippen LogP contribution in [0.3, 0.4) is 0 Å². The summed E-state index contributed by atoms with van der Waals surface area (Å²) in [6.07, 6.45) is -0.772. The SMILES string of the molecule is CC(C)(NC(=O)OCc1ccccc1)C(=O)N[C@@H](CS)C(=O)O. The maximum atomic E-state index is 12.1. The number of hydrogen-bond acceptors (Lipinski definition) is 5. The maximum Gasteiger partial charge on any atom is 0.408 e. The van der Waals surface area contributed by atoms with Crippen molar-refractivity contribution in [1.29, 1.82) is 0 Å². The molecule has 0 aliphatic carbocycles. The van der Waals surface area contributed by atoms with Crippen molar-refractivity contribution >= 4 is 30.6 Å². The fourth-order valence-corrected chi connectivity index (χ4v) is 1.84. The van der Waals surface area contributed by atoms with Gasteiger partial charge in [-0.15, -0.1) is 0 Å². The number of carbonyl (C=O) groups excluding carboxylic acids is 2. The molecule has 3 N–H and O–H groups in total. The van der Waals surface area contributed by atoms with Gasteiger partial charge in [0.2, 0.25) is 5.91 Å².